The van der Waals surface area contributed by atoms with Crippen LogP contribution in [0.4, 0.5) is 0 Å². The maximum absolute atomic E-state index is 5.53. The third-order valence-electron chi connectivity index (χ3n) is 2.68. The first-order chi connectivity index (χ1) is 6.72. The molecular formula is C12H28N2. The van der Waals surface area contributed by atoms with Gasteiger partial charge in [-0.3, -0.25) is 0 Å². The molecule has 0 saturated carbocycles. The molecule has 0 atom stereocenters. The van der Waals surface area contributed by atoms with Crippen LogP contribution in [0.5, 0.6) is 0 Å². The van der Waals surface area contributed by atoms with Crippen molar-refractivity contribution in [1.82, 2.24) is 4.90 Å². The summed E-state index contributed by atoms with van der Waals surface area (Å²) in [6, 6.07) is 0.670. The molecule has 0 amide bonds. The zero-order valence-corrected chi connectivity index (χ0v) is 10.3. The molecule has 86 valence electrons. The van der Waals surface area contributed by atoms with Crippen molar-refractivity contribution < 1.29 is 0 Å². The largest absolute Gasteiger partial charge is 0.330 e. The summed E-state index contributed by atoms with van der Waals surface area (Å²) in [4.78, 5) is 2.54. The molecule has 0 fully saturated rings. The third-order valence-corrected chi connectivity index (χ3v) is 2.68. The number of hydrogen-bond acceptors (Lipinski definition) is 2. The van der Waals surface area contributed by atoms with Crippen LogP contribution in [-0.4, -0.2) is 30.6 Å². The Labute approximate surface area is 89.9 Å². The maximum atomic E-state index is 5.53. The van der Waals surface area contributed by atoms with Crippen LogP contribution < -0.4 is 5.73 Å². The van der Waals surface area contributed by atoms with E-state index >= 15 is 0 Å². The van der Waals surface area contributed by atoms with Gasteiger partial charge in [0.1, 0.15) is 0 Å². The van der Waals surface area contributed by atoms with Crippen LogP contribution in [0.3, 0.4) is 0 Å². The van der Waals surface area contributed by atoms with Gasteiger partial charge in [-0.05, 0) is 46.3 Å². The van der Waals surface area contributed by atoms with E-state index < -0.39 is 0 Å². The highest BCUT2D eigenvalue weighted by Crippen LogP contribution is 2.05. The minimum Gasteiger partial charge on any atom is -0.330 e. The lowest BCUT2D eigenvalue weighted by molar-refractivity contribution is 0.215. The Morgan fingerprint density at radius 1 is 1.00 bits per heavy atom. The predicted octanol–water partition coefficient (Wildman–Crippen LogP) is 2.63. The molecule has 2 N–H and O–H groups in total. The van der Waals surface area contributed by atoms with Gasteiger partial charge in [0, 0.05) is 6.04 Å². The molecule has 0 aliphatic heterocycles. The first-order valence-corrected chi connectivity index (χ1v) is 6.16. The van der Waals surface area contributed by atoms with E-state index in [1.165, 1.54) is 38.8 Å². The summed E-state index contributed by atoms with van der Waals surface area (Å²) in [6.45, 7) is 10.0. The van der Waals surface area contributed by atoms with Gasteiger partial charge in [-0.15, -0.1) is 0 Å². The molecule has 14 heavy (non-hydrogen) atoms. The maximum Gasteiger partial charge on any atom is 0.00385 e. The quantitative estimate of drug-likeness (QED) is 0.580. The topological polar surface area (TPSA) is 29.3 Å². The smallest absolute Gasteiger partial charge is 0.00385 e. The van der Waals surface area contributed by atoms with Gasteiger partial charge in [-0.25, -0.2) is 0 Å². The Bertz CT molecular complexity index is 113. The highest BCUT2D eigenvalue weighted by molar-refractivity contribution is 4.63. The van der Waals surface area contributed by atoms with Crippen LogP contribution in [0, 0.1) is 0 Å². The molecule has 0 aliphatic rings. The van der Waals surface area contributed by atoms with E-state index in [0.717, 1.165) is 13.0 Å². The molecule has 0 aromatic rings. The number of hydrogen-bond donors (Lipinski definition) is 1. The summed E-state index contributed by atoms with van der Waals surface area (Å²) in [6.07, 6.45) is 6.55. The molecular weight excluding hydrogens is 172 g/mol. The van der Waals surface area contributed by atoms with Crippen molar-refractivity contribution in [2.75, 3.05) is 19.6 Å². The van der Waals surface area contributed by atoms with Crippen molar-refractivity contribution in [3.63, 3.8) is 0 Å². The van der Waals surface area contributed by atoms with E-state index in [-0.39, 0.29) is 0 Å². The van der Waals surface area contributed by atoms with E-state index in [1.807, 2.05) is 0 Å². The molecule has 0 spiro atoms. The van der Waals surface area contributed by atoms with Crippen LogP contribution in [0.15, 0.2) is 0 Å². The first kappa shape index (κ1) is 13.9. The van der Waals surface area contributed by atoms with Gasteiger partial charge in [0.2, 0.25) is 0 Å². The first-order valence-electron chi connectivity index (χ1n) is 6.16. The Morgan fingerprint density at radius 2 is 1.64 bits per heavy atom. The zero-order valence-electron chi connectivity index (χ0n) is 10.3. The van der Waals surface area contributed by atoms with Crippen molar-refractivity contribution in [1.29, 1.82) is 0 Å². The molecule has 0 saturated heterocycles. The second kappa shape index (κ2) is 9.47. The second-order valence-electron chi connectivity index (χ2n) is 4.33. The van der Waals surface area contributed by atoms with E-state index in [1.54, 1.807) is 0 Å². The summed E-state index contributed by atoms with van der Waals surface area (Å²) in [7, 11) is 0. The van der Waals surface area contributed by atoms with E-state index in [2.05, 4.69) is 25.7 Å². The predicted molar refractivity (Wildman–Crippen MR) is 64.5 cm³/mol. The van der Waals surface area contributed by atoms with E-state index in [9.17, 15) is 0 Å². The highest BCUT2D eigenvalue weighted by atomic mass is 15.1. The van der Waals surface area contributed by atoms with Crippen LogP contribution in [0.1, 0.15) is 52.9 Å². The Kier molecular flexibility index (Phi) is 9.42. The van der Waals surface area contributed by atoms with Crippen LogP contribution >= 0.6 is 0 Å². The van der Waals surface area contributed by atoms with Gasteiger partial charge in [0.05, 0.1) is 0 Å². The Morgan fingerprint density at radius 3 is 2.14 bits per heavy atom. The lowest BCUT2D eigenvalue weighted by Crippen LogP contribution is -2.33. The summed E-state index contributed by atoms with van der Waals surface area (Å²) < 4.78 is 0. The Hall–Kier alpha value is -0.0800. The molecule has 0 bridgehead atoms. The van der Waals surface area contributed by atoms with Gasteiger partial charge in [-0.1, -0.05) is 26.2 Å². The third kappa shape index (κ3) is 7.34. The fourth-order valence-electron chi connectivity index (χ4n) is 1.66. The number of rotatable bonds is 9. The normalized spacial score (nSPS) is 11.6. The average molecular weight is 200 g/mol. The van der Waals surface area contributed by atoms with Gasteiger partial charge >= 0.3 is 0 Å². The van der Waals surface area contributed by atoms with Gasteiger partial charge in [-0.2, -0.15) is 0 Å². The van der Waals surface area contributed by atoms with Crippen LogP contribution in [-0.2, 0) is 0 Å². The molecule has 0 aromatic carbocycles. The minimum atomic E-state index is 0.670. The number of nitrogens with zero attached hydrogens (tertiary/aromatic N) is 1. The summed E-state index contributed by atoms with van der Waals surface area (Å²) in [5.41, 5.74) is 5.53. The fraction of sp³-hybridized carbons (Fsp3) is 1.00. The minimum absolute atomic E-state index is 0.670. The molecule has 0 radical (unpaired) electrons. The van der Waals surface area contributed by atoms with Crippen molar-refractivity contribution in [3.05, 3.63) is 0 Å². The monoisotopic (exact) mass is 200 g/mol. The molecule has 0 aliphatic carbocycles. The number of unbranched alkanes of at least 4 members (excludes halogenated alkanes) is 3. The summed E-state index contributed by atoms with van der Waals surface area (Å²) in [5, 5.41) is 0. The van der Waals surface area contributed by atoms with E-state index in [0.29, 0.717) is 6.04 Å². The van der Waals surface area contributed by atoms with Crippen molar-refractivity contribution in [2.24, 2.45) is 5.73 Å². The van der Waals surface area contributed by atoms with E-state index in [4.69, 9.17) is 5.73 Å². The molecule has 2 nitrogen and oxygen atoms in total. The zero-order chi connectivity index (χ0) is 10.8. The van der Waals surface area contributed by atoms with Gasteiger partial charge < -0.3 is 10.6 Å². The van der Waals surface area contributed by atoms with Crippen molar-refractivity contribution in [3.8, 4) is 0 Å². The lowest BCUT2D eigenvalue weighted by atomic mass is 10.2. The Balaban J connectivity index is 3.52. The standard InChI is InChI=1S/C12H28N2/c1-4-5-6-7-10-14(12(2)3)11-8-9-13/h12H,4-11,13H2,1-3H3. The van der Waals surface area contributed by atoms with Crippen molar-refractivity contribution in [2.45, 2.75) is 58.9 Å². The molecule has 0 aromatic heterocycles. The van der Waals surface area contributed by atoms with Crippen LogP contribution in [0.2, 0.25) is 0 Å². The van der Waals surface area contributed by atoms with Crippen molar-refractivity contribution >= 4 is 0 Å². The fourth-order valence-corrected chi connectivity index (χ4v) is 1.66. The highest BCUT2D eigenvalue weighted by Gasteiger charge is 2.07. The summed E-state index contributed by atoms with van der Waals surface area (Å²) in [5.74, 6) is 0. The molecule has 2 heteroatoms. The summed E-state index contributed by atoms with van der Waals surface area (Å²) >= 11 is 0. The van der Waals surface area contributed by atoms with Crippen LogP contribution in [0.25, 0.3) is 0 Å². The number of nitrogens with two attached hydrogens (primary N) is 1. The van der Waals surface area contributed by atoms with Gasteiger partial charge in [0.15, 0.2) is 0 Å². The SMILES string of the molecule is CCCCCCN(CCCN)C(C)C. The lowest BCUT2D eigenvalue weighted by Gasteiger charge is -2.26. The molecule has 0 rings (SSSR count). The van der Waals surface area contributed by atoms with Gasteiger partial charge in [0.25, 0.3) is 0 Å². The molecule has 0 unspecified atom stereocenters. The second-order valence-corrected chi connectivity index (χ2v) is 4.33. The average Bonchev–Trinajstić information content (AvgIpc) is 2.16. The molecule has 0 heterocycles.